The molecule has 7 heteroatoms. The summed E-state index contributed by atoms with van der Waals surface area (Å²) in [5.41, 5.74) is 7.64. The van der Waals surface area contributed by atoms with Crippen LogP contribution in [-0.2, 0) is 0 Å². The number of thiazole rings is 1. The van der Waals surface area contributed by atoms with Crippen LogP contribution < -0.4 is 9.47 Å². The maximum absolute atomic E-state index is 5.47. The Morgan fingerprint density at radius 2 is 1.49 bits per heavy atom. The zero-order valence-electron chi connectivity index (χ0n) is 19.5. The van der Waals surface area contributed by atoms with Crippen molar-refractivity contribution in [1.29, 1.82) is 0 Å². The lowest BCUT2D eigenvalue weighted by Gasteiger charge is -2.10. The zero-order chi connectivity index (χ0) is 23.9. The van der Waals surface area contributed by atoms with Gasteiger partial charge in [-0.25, -0.2) is 14.5 Å². The van der Waals surface area contributed by atoms with Crippen LogP contribution in [0.3, 0.4) is 0 Å². The summed E-state index contributed by atoms with van der Waals surface area (Å²) in [7, 11) is 3.26. The Morgan fingerprint density at radius 3 is 2.26 bits per heavy atom. The van der Waals surface area contributed by atoms with Crippen LogP contribution >= 0.6 is 11.3 Å². The summed E-state index contributed by atoms with van der Waals surface area (Å²) in [6.07, 6.45) is 0. The van der Waals surface area contributed by atoms with E-state index in [1.807, 2.05) is 60.0 Å². The first-order chi connectivity index (χ1) is 17.1. The first-order valence-corrected chi connectivity index (χ1v) is 12.0. The summed E-state index contributed by atoms with van der Waals surface area (Å²) in [6, 6.07) is 26.4. The topological polar surface area (TPSA) is 61.5 Å². The van der Waals surface area contributed by atoms with E-state index in [-0.39, 0.29) is 0 Å². The van der Waals surface area contributed by atoms with Crippen LogP contribution in [0.5, 0.6) is 11.5 Å². The second kappa shape index (κ2) is 8.52. The third-order valence-corrected chi connectivity index (χ3v) is 7.12. The molecule has 0 amide bonds. The number of methoxy groups -OCH3 is 2. The van der Waals surface area contributed by atoms with Gasteiger partial charge in [0.25, 0.3) is 0 Å². The molecule has 0 radical (unpaired) electrons. The number of aromatic nitrogens is 4. The molecule has 0 aliphatic carbocycles. The summed E-state index contributed by atoms with van der Waals surface area (Å²) >= 11 is 1.70. The van der Waals surface area contributed by atoms with Gasteiger partial charge in [0.1, 0.15) is 5.01 Å². The van der Waals surface area contributed by atoms with Gasteiger partial charge in [0.05, 0.1) is 41.5 Å². The molecule has 0 spiro atoms. The van der Waals surface area contributed by atoms with Gasteiger partial charge in [-0.1, -0.05) is 36.4 Å². The number of ether oxygens (including phenoxy) is 2. The van der Waals surface area contributed by atoms with Crippen molar-refractivity contribution in [3.63, 3.8) is 0 Å². The number of para-hydroxylation sites is 1. The molecule has 3 aromatic carbocycles. The van der Waals surface area contributed by atoms with Crippen LogP contribution in [-0.4, -0.2) is 33.8 Å². The maximum Gasteiger partial charge on any atom is 0.161 e. The highest BCUT2D eigenvalue weighted by atomic mass is 32.1. The van der Waals surface area contributed by atoms with E-state index in [1.54, 1.807) is 25.6 Å². The van der Waals surface area contributed by atoms with Gasteiger partial charge in [-0.05, 0) is 49.4 Å². The molecule has 0 aliphatic heterocycles. The number of fused-ring (bicyclic) bond motifs is 2. The van der Waals surface area contributed by atoms with Gasteiger partial charge in [0.15, 0.2) is 17.1 Å². The molecule has 6 rings (SSSR count). The second-order valence-electron chi connectivity index (χ2n) is 8.17. The van der Waals surface area contributed by atoms with E-state index in [1.165, 1.54) is 4.70 Å². The predicted molar refractivity (Wildman–Crippen MR) is 140 cm³/mol. The minimum absolute atomic E-state index is 0.666. The van der Waals surface area contributed by atoms with Gasteiger partial charge in [0, 0.05) is 16.7 Å². The summed E-state index contributed by atoms with van der Waals surface area (Å²) in [4.78, 5) is 9.52. The van der Waals surface area contributed by atoms with Crippen molar-refractivity contribution in [1.82, 2.24) is 19.6 Å². The van der Waals surface area contributed by atoms with Crippen LogP contribution in [0.1, 0.15) is 5.69 Å². The minimum atomic E-state index is 0.666. The van der Waals surface area contributed by atoms with Crippen molar-refractivity contribution in [3.05, 3.63) is 84.6 Å². The molecule has 3 aromatic heterocycles. The lowest BCUT2D eigenvalue weighted by Crippen LogP contribution is -1.98. The molecular weight excluding hydrogens is 456 g/mol. The van der Waals surface area contributed by atoms with Gasteiger partial charge in [-0.3, -0.25) is 0 Å². The van der Waals surface area contributed by atoms with Crippen molar-refractivity contribution in [2.24, 2.45) is 0 Å². The number of nitrogens with zero attached hydrogens (tertiary/aromatic N) is 4. The van der Waals surface area contributed by atoms with Gasteiger partial charge in [0.2, 0.25) is 0 Å². The Labute approximate surface area is 206 Å². The molecule has 3 heterocycles. The lowest BCUT2D eigenvalue weighted by molar-refractivity contribution is 0.355. The Balaban J connectivity index is 1.40. The normalized spacial score (nSPS) is 11.3. The Bertz CT molecular complexity index is 1650. The van der Waals surface area contributed by atoms with Crippen molar-refractivity contribution in [2.75, 3.05) is 14.2 Å². The Hall–Kier alpha value is -4.23. The molecular formula is C28H22N4O2S. The minimum Gasteiger partial charge on any atom is -0.493 e. The van der Waals surface area contributed by atoms with Crippen molar-refractivity contribution in [2.45, 2.75) is 6.92 Å². The number of aryl methyl sites for hydroxylation is 1. The van der Waals surface area contributed by atoms with Crippen LogP contribution in [0, 0.1) is 6.92 Å². The average molecular weight is 479 g/mol. The highest BCUT2D eigenvalue weighted by Gasteiger charge is 2.15. The molecule has 0 atom stereocenters. The molecule has 0 saturated carbocycles. The third kappa shape index (κ3) is 3.70. The first-order valence-electron chi connectivity index (χ1n) is 11.2. The van der Waals surface area contributed by atoms with Gasteiger partial charge in [-0.2, -0.15) is 5.10 Å². The Kier molecular flexibility index (Phi) is 5.19. The lowest BCUT2D eigenvalue weighted by atomic mass is 10.1. The third-order valence-electron chi connectivity index (χ3n) is 6.03. The molecule has 0 unspecified atom stereocenters. The summed E-state index contributed by atoms with van der Waals surface area (Å²) in [6.45, 7) is 2.02. The summed E-state index contributed by atoms with van der Waals surface area (Å²) < 4.78 is 13.9. The van der Waals surface area contributed by atoms with Crippen molar-refractivity contribution < 1.29 is 9.47 Å². The van der Waals surface area contributed by atoms with Crippen molar-refractivity contribution >= 4 is 27.2 Å². The van der Waals surface area contributed by atoms with Gasteiger partial charge >= 0.3 is 0 Å². The number of hydrogen-bond acceptors (Lipinski definition) is 6. The standard InChI is InChI=1S/C28H22N4O2S/c1-17-27(18-8-10-19(11-9-18)28-30-22-6-4-5-7-25(22)35-28)32-26(29-17)15-13-21(31-32)20-12-14-23(33-2)24(16-20)34-3/h4-16H,1-3H3. The smallest absolute Gasteiger partial charge is 0.161 e. The first kappa shape index (κ1) is 21.3. The van der Waals surface area contributed by atoms with E-state index < -0.39 is 0 Å². The van der Waals surface area contributed by atoms with E-state index >= 15 is 0 Å². The largest absolute Gasteiger partial charge is 0.493 e. The number of benzene rings is 3. The molecule has 6 aromatic rings. The monoisotopic (exact) mass is 478 g/mol. The molecule has 35 heavy (non-hydrogen) atoms. The molecule has 172 valence electrons. The van der Waals surface area contributed by atoms with Crippen LogP contribution in [0.25, 0.3) is 48.9 Å². The second-order valence-corrected chi connectivity index (χ2v) is 9.20. The highest BCUT2D eigenvalue weighted by molar-refractivity contribution is 7.21. The van der Waals surface area contributed by atoms with Crippen molar-refractivity contribution in [3.8, 4) is 44.6 Å². The van der Waals surface area contributed by atoms with E-state index in [4.69, 9.17) is 24.5 Å². The van der Waals surface area contributed by atoms with Crippen LogP contribution in [0.4, 0.5) is 0 Å². The summed E-state index contributed by atoms with van der Waals surface area (Å²) in [5, 5.41) is 5.95. The quantitative estimate of drug-likeness (QED) is 0.277. The molecule has 0 saturated heterocycles. The predicted octanol–water partition coefficient (Wildman–Crippen LogP) is 6.67. The fraction of sp³-hybridized carbons (Fsp3) is 0.107. The molecule has 0 N–H and O–H groups in total. The molecule has 0 fully saturated rings. The molecule has 0 aliphatic rings. The van der Waals surface area contributed by atoms with E-state index in [0.29, 0.717) is 11.5 Å². The maximum atomic E-state index is 5.47. The fourth-order valence-electron chi connectivity index (χ4n) is 4.29. The number of rotatable bonds is 5. The summed E-state index contributed by atoms with van der Waals surface area (Å²) in [5.74, 6) is 1.35. The fourth-order valence-corrected chi connectivity index (χ4v) is 5.26. The average Bonchev–Trinajstić information content (AvgIpc) is 3.48. The number of imidazole rings is 1. The van der Waals surface area contributed by atoms with E-state index in [9.17, 15) is 0 Å². The zero-order valence-corrected chi connectivity index (χ0v) is 20.3. The van der Waals surface area contributed by atoms with Crippen LogP contribution in [0.2, 0.25) is 0 Å². The highest BCUT2D eigenvalue weighted by Crippen LogP contribution is 2.34. The van der Waals surface area contributed by atoms with Crippen LogP contribution in [0.15, 0.2) is 78.9 Å². The van der Waals surface area contributed by atoms with E-state index in [2.05, 4.69) is 30.3 Å². The SMILES string of the molecule is COc1ccc(-c2ccc3nc(C)c(-c4ccc(-c5nc6ccccc6s5)cc4)n3n2)cc1OC. The molecule has 6 nitrogen and oxygen atoms in total. The van der Waals surface area contributed by atoms with Gasteiger partial charge < -0.3 is 9.47 Å². The Morgan fingerprint density at radius 1 is 0.743 bits per heavy atom. The van der Waals surface area contributed by atoms with Gasteiger partial charge in [-0.15, -0.1) is 11.3 Å². The molecule has 0 bridgehead atoms. The number of hydrogen-bond donors (Lipinski definition) is 0. The van der Waals surface area contributed by atoms with E-state index in [0.717, 1.165) is 49.9 Å².